The van der Waals surface area contributed by atoms with Crippen LogP contribution in [0.25, 0.3) is 5.69 Å². The lowest BCUT2D eigenvalue weighted by molar-refractivity contribution is 0.0791. The second kappa shape index (κ2) is 10.0. The third-order valence-corrected chi connectivity index (χ3v) is 5.17. The number of hydrogen-bond acceptors (Lipinski definition) is 7. The second-order valence-corrected chi connectivity index (χ2v) is 7.14. The fourth-order valence-electron chi connectivity index (χ4n) is 3.19. The molecule has 2 aromatic carbocycles. The van der Waals surface area contributed by atoms with Gasteiger partial charge in [-0.1, -0.05) is 12.1 Å². The van der Waals surface area contributed by atoms with Gasteiger partial charge < -0.3 is 19.1 Å². The molecule has 174 valence electrons. The Hall–Kier alpha value is -4.08. The zero-order chi connectivity index (χ0) is 24.1. The molecule has 1 heterocycles. The molecule has 1 aromatic heterocycles. The molecule has 10 heteroatoms. The molecule has 3 aromatic rings. The number of carbonyl (C=O) groups excluding carboxylic acids is 1. The predicted octanol–water partition coefficient (Wildman–Crippen LogP) is 1.56. The minimum atomic E-state index is -0.773. The highest BCUT2D eigenvalue weighted by Gasteiger charge is 2.23. The van der Waals surface area contributed by atoms with Gasteiger partial charge in [-0.3, -0.25) is 14.2 Å². The smallest absolute Gasteiger partial charge is 0.352 e. The Morgan fingerprint density at radius 2 is 1.73 bits per heavy atom. The van der Waals surface area contributed by atoms with Gasteiger partial charge in [0.1, 0.15) is 5.75 Å². The quantitative estimate of drug-likeness (QED) is 0.509. The van der Waals surface area contributed by atoms with Crippen molar-refractivity contribution < 1.29 is 19.0 Å². The molecular formula is C23H26N4O6. The zero-order valence-corrected chi connectivity index (χ0v) is 19.2. The summed E-state index contributed by atoms with van der Waals surface area (Å²) in [6.45, 7) is 2.07. The largest absolute Gasteiger partial charge is 0.497 e. The SMILES string of the molecule is CCN(C)C(=O)c1nn(-c2ccc(OC)c(OC)c2)c(=O)n(Cc2cccc(OC)c2)c1=O. The van der Waals surface area contributed by atoms with E-state index < -0.39 is 17.2 Å². The summed E-state index contributed by atoms with van der Waals surface area (Å²) in [4.78, 5) is 40.8. The van der Waals surface area contributed by atoms with Crippen molar-refractivity contribution >= 4 is 5.91 Å². The van der Waals surface area contributed by atoms with Crippen LogP contribution in [0.2, 0.25) is 0 Å². The van der Waals surface area contributed by atoms with E-state index in [2.05, 4.69) is 5.10 Å². The molecular weight excluding hydrogens is 428 g/mol. The number of amides is 1. The van der Waals surface area contributed by atoms with Gasteiger partial charge in [-0.05, 0) is 36.8 Å². The molecule has 0 saturated carbocycles. The Labute approximate surface area is 190 Å². The highest BCUT2D eigenvalue weighted by Crippen LogP contribution is 2.28. The van der Waals surface area contributed by atoms with Gasteiger partial charge in [0.2, 0.25) is 5.69 Å². The normalized spacial score (nSPS) is 10.6. The number of benzene rings is 2. The minimum Gasteiger partial charge on any atom is -0.497 e. The van der Waals surface area contributed by atoms with Crippen LogP contribution >= 0.6 is 0 Å². The van der Waals surface area contributed by atoms with Gasteiger partial charge in [0.05, 0.1) is 33.6 Å². The molecule has 1 amide bonds. The molecule has 33 heavy (non-hydrogen) atoms. The zero-order valence-electron chi connectivity index (χ0n) is 19.2. The summed E-state index contributed by atoms with van der Waals surface area (Å²) in [5.41, 5.74) is -0.877. The lowest BCUT2D eigenvalue weighted by atomic mass is 10.2. The molecule has 0 atom stereocenters. The van der Waals surface area contributed by atoms with Crippen LogP contribution in [0.5, 0.6) is 17.2 Å². The first-order chi connectivity index (χ1) is 15.8. The van der Waals surface area contributed by atoms with E-state index in [-0.39, 0.29) is 12.2 Å². The summed E-state index contributed by atoms with van der Waals surface area (Å²) in [5.74, 6) is 0.821. The maximum absolute atomic E-state index is 13.4. The fourth-order valence-corrected chi connectivity index (χ4v) is 3.19. The van der Waals surface area contributed by atoms with Gasteiger partial charge in [-0.15, -0.1) is 0 Å². The van der Waals surface area contributed by atoms with Crippen molar-refractivity contribution in [3.05, 3.63) is 74.6 Å². The van der Waals surface area contributed by atoms with E-state index >= 15 is 0 Å². The standard InChI is InChI=1S/C23H26N4O6/c1-6-25(2)21(28)20-22(29)26(14-15-8-7-9-17(12-15)31-3)23(30)27(24-20)16-10-11-18(32-4)19(13-16)33-5/h7-13H,6,14H2,1-5H3. The lowest BCUT2D eigenvalue weighted by Gasteiger charge is -2.17. The van der Waals surface area contributed by atoms with Crippen LogP contribution in [-0.4, -0.2) is 60.1 Å². The van der Waals surface area contributed by atoms with Gasteiger partial charge in [-0.25, -0.2) is 4.79 Å². The number of aromatic nitrogens is 3. The highest BCUT2D eigenvalue weighted by molar-refractivity contribution is 5.91. The lowest BCUT2D eigenvalue weighted by Crippen LogP contribution is -2.46. The summed E-state index contributed by atoms with van der Waals surface area (Å²) in [7, 11) is 6.04. The average molecular weight is 454 g/mol. The first kappa shape index (κ1) is 23.6. The van der Waals surface area contributed by atoms with Crippen molar-refractivity contribution in [1.82, 2.24) is 19.2 Å². The number of methoxy groups -OCH3 is 3. The van der Waals surface area contributed by atoms with Gasteiger partial charge in [0, 0.05) is 19.7 Å². The van der Waals surface area contributed by atoms with E-state index in [9.17, 15) is 14.4 Å². The number of hydrogen-bond donors (Lipinski definition) is 0. The van der Waals surface area contributed by atoms with Crippen LogP contribution in [-0.2, 0) is 6.54 Å². The van der Waals surface area contributed by atoms with Crippen molar-refractivity contribution in [2.45, 2.75) is 13.5 Å². The molecule has 10 nitrogen and oxygen atoms in total. The van der Waals surface area contributed by atoms with Crippen LogP contribution in [0.1, 0.15) is 23.0 Å². The average Bonchev–Trinajstić information content (AvgIpc) is 2.85. The number of nitrogens with zero attached hydrogens (tertiary/aromatic N) is 4. The molecule has 0 aliphatic rings. The van der Waals surface area contributed by atoms with E-state index in [4.69, 9.17) is 14.2 Å². The van der Waals surface area contributed by atoms with Gasteiger partial charge >= 0.3 is 5.69 Å². The third kappa shape index (κ3) is 4.74. The van der Waals surface area contributed by atoms with Crippen LogP contribution in [0.15, 0.2) is 52.1 Å². The molecule has 0 bridgehead atoms. The number of ether oxygens (including phenoxy) is 3. The van der Waals surface area contributed by atoms with Crippen molar-refractivity contribution in [1.29, 1.82) is 0 Å². The van der Waals surface area contributed by atoms with E-state index in [1.165, 1.54) is 26.2 Å². The Bertz CT molecular complexity index is 1280. The summed E-state index contributed by atoms with van der Waals surface area (Å²) >= 11 is 0. The summed E-state index contributed by atoms with van der Waals surface area (Å²) in [5, 5.41) is 4.14. The maximum Gasteiger partial charge on any atom is 0.352 e. The van der Waals surface area contributed by atoms with Crippen molar-refractivity contribution in [2.75, 3.05) is 34.9 Å². The molecule has 0 aliphatic heterocycles. The van der Waals surface area contributed by atoms with Crippen molar-refractivity contribution in [3.8, 4) is 22.9 Å². The topological polar surface area (TPSA) is 105 Å². The summed E-state index contributed by atoms with van der Waals surface area (Å²) < 4.78 is 17.8. The van der Waals surface area contributed by atoms with E-state index in [0.29, 0.717) is 35.0 Å². The fraction of sp³-hybridized carbons (Fsp3) is 0.304. The van der Waals surface area contributed by atoms with Crippen LogP contribution in [0.4, 0.5) is 0 Å². The monoisotopic (exact) mass is 454 g/mol. The summed E-state index contributed by atoms with van der Waals surface area (Å²) in [6, 6.07) is 11.7. The third-order valence-electron chi connectivity index (χ3n) is 5.17. The predicted molar refractivity (Wildman–Crippen MR) is 122 cm³/mol. The molecule has 3 rings (SSSR count). The Balaban J connectivity index is 2.25. The molecule has 0 saturated heterocycles. The molecule has 0 unspecified atom stereocenters. The van der Waals surface area contributed by atoms with E-state index in [1.54, 1.807) is 56.4 Å². The van der Waals surface area contributed by atoms with Crippen LogP contribution < -0.4 is 25.5 Å². The van der Waals surface area contributed by atoms with Crippen molar-refractivity contribution in [2.24, 2.45) is 0 Å². The minimum absolute atomic E-state index is 0.0687. The van der Waals surface area contributed by atoms with Gasteiger partial charge in [-0.2, -0.15) is 9.78 Å². The molecule has 0 spiro atoms. The second-order valence-electron chi connectivity index (χ2n) is 7.14. The number of carbonyl (C=O) groups is 1. The molecule has 0 radical (unpaired) electrons. The van der Waals surface area contributed by atoms with E-state index in [1.807, 2.05) is 0 Å². The first-order valence-electron chi connectivity index (χ1n) is 10.2. The number of rotatable bonds is 8. The van der Waals surface area contributed by atoms with Crippen LogP contribution in [0, 0.1) is 0 Å². The Morgan fingerprint density at radius 1 is 1.00 bits per heavy atom. The van der Waals surface area contributed by atoms with Crippen molar-refractivity contribution in [3.63, 3.8) is 0 Å². The van der Waals surface area contributed by atoms with Crippen LogP contribution in [0.3, 0.4) is 0 Å². The Kier molecular flexibility index (Phi) is 7.17. The highest BCUT2D eigenvalue weighted by atomic mass is 16.5. The summed E-state index contributed by atoms with van der Waals surface area (Å²) in [6.07, 6.45) is 0. The Morgan fingerprint density at radius 3 is 2.36 bits per heavy atom. The van der Waals surface area contributed by atoms with Gasteiger partial charge in [0.15, 0.2) is 11.5 Å². The molecule has 0 N–H and O–H groups in total. The van der Waals surface area contributed by atoms with Gasteiger partial charge in [0.25, 0.3) is 11.5 Å². The molecule has 0 fully saturated rings. The first-order valence-corrected chi connectivity index (χ1v) is 10.2. The molecule has 0 aliphatic carbocycles. The van der Waals surface area contributed by atoms with E-state index in [0.717, 1.165) is 9.25 Å². The maximum atomic E-state index is 13.4.